The van der Waals surface area contributed by atoms with Crippen LogP contribution in [-0.2, 0) is 9.59 Å². The topological polar surface area (TPSA) is 98.7 Å². The van der Waals surface area contributed by atoms with Crippen molar-refractivity contribution >= 4 is 29.6 Å². The van der Waals surface area contributed by atoms with Crippen LogP contribution < -0.4 is 10.6 Å². The summed E-state index contributed by atoms with van der Waals surface area (Å²) in [5.41, 5.74) is 2.66. The Hall–Kier alpha value is -3.61. The van der Waals surface area contributed by atoms with Crippen molar-refractivity contribution in [3.05, 3.63) is 64.9 Å². The van der Waals surface area contributed by atoms with Crippen LogP contribution >= 0.6 is 0 Å². The number of para-hydroxylation sites is 1. The lowest BCUT2D eigenvalue weighted by molar-refractivity contribution is -0.127. The van der Waals surface area contributed by atoms with Crippen molar-refractivity contribution in [2.24, 2.45) is 0 Å². The van der Waals surface area contributed by atoms with E-state index in [1.165, 1.54) is 6.08 Å². The number of amides is 4. The van der Waals surface area contributed by atoms with Crippen molar-refractivity contribution in [2.75, 3.05) is 11.9 Å². The molecule has 1 fully saturated rings. The zero-order valence-electron chi connectivity index (χ0n) is 14.9. The van der Waals surface area contributed by atoms with Gasteiger partial charge in [0.25, 0.3) is 5.91 Å². The lowest BCUT2D eigenvalue weighted by Crippen LogP contribution is -2.38. The van der Waals surface area contributed by atoms with Crippen molar-refractivity contribution < 1.29 is 19.5 Å². The van der Waals surface area contributed by atoms with Crippen LogP contribution in [0.5, 0.6) is 5.75 Å². The van der Waals surface area contributed by atoms with E-state index in [4.69, 9.17) is 0 Å². The molecule has 3 rings (SSSR count). The Balaban J connectivity index is 1.74. The molecule has 27 heavy (non-hydrogen) atoms. The Morgan fingerprint density at radius 3 is 2.41 bits per heavy atom. The molecule has 0 saturated carbocycles. The molecule has 7 nitrogen and oxygen atoms in total. The van der Waals surface area contributed by atoms with Crippen molar-refractivity contribution in [2.45, 2.75) is 13.8 Å². The van der Waals surface area contributed by atoms with Crippen LogP contribution in [0.4, 0.5) is 10.5 Å². The molecule has 7 heteroatoms. The number of phenolic OH excluding ortho intramolecular Hbond substituents is 1. The first-order valence-electron chi connectivity index (χ1n) is 8.35. The van der Waals surface area contributed by atoms with Gasteiger partial charge >= 0.3 is 6.03 Å². The van der Waals surface area contributed by atoms with Gasteiger partial charge in [0.05, 0.1) is 0 Å². The van der Waals surface area contributed by atoms with E-state index in [0.717, 1.165) is 4.90 Å². The highest BCUT2D eigenvalue weighted by molar-refractivity contribution is 6.15. The second-order valence-corrected chi connectivity index (χ2v) is 6.30. The number of aryl methyl sites for hydroxylation is 2. The molecule has 1 aliphatic heterocycles. The van der Waals surface area contributed by atoms with Crippen molar-refractivity contribution in [3.8, 4) is 5.75 Å². The minimum atomic E-state index is -0.651. The number of rotatable bonds is 4. The summed E-state index contributed by atoms with van der Waals surface area (Å²) in [4.78, 5) is 37.6. The average Bonchev–Trinajstić information content (AvgIpc) is 2.88. The number of nitrogens with zero attached hydrogens (tertiary/aromatic N) is 1. The van der Waals surface area contributed by atoms with Crippen LogP contribution in [0, 0.1) is 13.8 Å². The van der Waals surface area contributed by atoms with E-state index in [1.54, 1.807) is 50.2 Å². The van der Waals surface area contributed by atoms with Crippen molar-refractivity contribution in [3.63, 3.8) is 0 Å². The summed E-state index contributed by atoms with van der Waals surface area (Å²) in [5, 5.41) is 15.0. The first kappa shape index (κ1) is 18.2. The van der Waals surface area contributed by atoms with Gasteiger partial charge in [-0.3, -0.25) is 9.59 Å². The number of phenols is 1. The fourth-order valence-electron chi connectivity index (χ4n) is 2.82. The molecule has 2 aromatic carbocycles. The molecular formula is C20H19N3O4. The molecule has 0 atom stereocenters. The maximum Gasteiger partial charge on any atom is 0.329 e. The summed E-state index contributed by atoms with van der Waals surface area (Å²) >= 11 is 0. The number of hydrogen-bond donors (Lipinski definition) is 3. The number of nitrogens with one attached hydrogen (secondary N) is 2. The predicted molar refractivity (Wildman–Crippen MR) is 101 cm³/mol. The Bertz CT molecular complexity index is 928. The van der Waals surface area contributed by atoms with Crippen LogP contribution in [0.15, 0.2) is 48.2 Å². The van der Waals surface area contributed by atoms with E-state index in [9.17, 15) is 19.5 Å². The Kier molecular flexibility index (Phi) is 4.94. The number of imide groups is 1. The summed E-state index contributed by atoms with van der Waals surface area (Å²) in [6.45, 7) is 3.11. The Labute approximate surface area is 156 Å². The predicted octanol–water partition coefficient (Wildman–Crippen LogP) is 2.54. The number of benzene rings is 2. The maximum atomic E-state index is 12.5. The quantitative estimate of drug-likeness (QED) is 0.573. The Morgan fingerprint density at radius 2 is 1.78 bits per heavy atom. The fraction of sp³-hybridized carbons (Fsp3) is 0.150. The van der Waals surface area contributed by atoms with Crippen LogP contribution in [0.2, 0.25) is 0 Å². The third kappa shape index (κ3) is 3.98. The maximum absolute atomic E-state index is 12.5. The largest absolute Gasteiger partial charge is 0.507 e. The van der Waals surface area contributed by atoms with E-state index >= 15 is 0 Å². The molecule has 1 heterocycles. The summed E-state index contributed by atoms with van der Waals surface area (Å²) < 4.78 is 0. The van der Waals surface area contributed by atoms with Crippen LogP contribution in [-0.4, -0.2) is 34.4 Å². The summed E-state index contributed by atoms with van der Waals surface area (Å²) in [5.74, 6) is -0.855. The van der Waals surface area contributed by atoms with Gasteiger partial charge in [0.15, 0.2) is 0 Å². The van der Waals surface area contributed by atoms with Gasteiger partial charge in [-0.25, -0.2) is 9.69 Å². The highest BCUT2D eigenvalue weighted by Crippen LogP contribution is 2.24. The molecule has 2 aromatic rings. The molecule has 0 unspecified atom stereocenters. The molecule has 3 N–H and O–H groups in total. The third-order valence-electron chi connectivity index (χ3n) is 4.15. The number of anilines is 1. The molecule has 1 saturated heterocycles. The average molecular weight is 365 g/mol. The van der Waals surface area contributed by atoms with E-state index in [2.05, 4.69) is 10.6 Å². The molecule has 1 aliphatic rings. The zero-order chi connectivity index (χ0) is 19.6. The smallest absolute Gasteiger partial charge is 0.329 e. The first-order chi connectivity index (χ1) is 12.8. The SMILES string of the molecule is Cc1cc(/C=C2\NC(=O)N(CC(=O)Nc3ccccc3)C2=O)cc(C)c1O. The number of urea groups is 1. The van der Waals surface area contributed by atoms with E-state index in [1.807, 2.05) is 6.07 Å². The molecule has 0 spiro atoms. The number of carbonyl (C=O) groups excluding carboxylic acids is 3. The molecular weight excluding hydrogens is 346 g/mol. The molecule has 0 radical (unpaired) electrons. The summed E-state index contributed by atoms with van der Waals surface area (Å²) in [6, 6.07) is 11.5. The minimum absolute atomic E-state index is 0.0806. The lowest BCUT2D eigenvalue weighted by Gasteiger charge is -2.11. The van der Waals surface area contributed by atoms with E-state index in [0.29, 0.717) is 22.4 Å². The van der Waals surface area contributed by atoms with E-state index in [-0.39, 0.29) is 18.0 Å². The van der Waals surface area contributed by atoms with Gasteiger partial charge in [-0.15, -0.1) is 0 Å². The van der Waals surface area contributed by atoms with Gasteiger partial charge in [-0.2, -0.15) is 0 Å². The summed E-state index contributed by atoms with van der Waals surface area (Å²) in [7, 11) is 0. The lowest BCUT2D eigenvalue weighted by atomic mass is 10.0. The number of carbonyl (C=O) groups is 3. The summed E-state index contributed by atoms with van der Waals surface area (Å²) in [6.07, 6.45) is 1.52. The third-order valence-corrected chi connectivity index (χ3v) is 4.15. The van der Waals surface area contributed by atoms with Gasteiger partial charge in [0.2, 0.25) is 5.91 Å². The van der Waals surface area contributed by atoms with Gasteiger partial charge in [0, 0.05) is 5.69 Å². The molecule has 0 aliphatic carbocycles. The zero-order valence-corrected chi connectivity index (χ0v) is 14.9. The normalized spacial score (nSPS) is 15.2. The highest BCUT2D eigenvalue weighted by atomic mass is 16.3. The van der Waals surface area contributed by atoms with Crippen LogP contribution in [0.1, 0.15) is 16.7 Å². The van der Waals surface area contributed by atoms with Crippen LogP contribution in [0.25, 0.3) is 6.08 Å². The number of hydrogen-bond acceptors (Lipinski definition) is 4. The van der Waals surface area contributed by atoms with E-state index < -0.39 is 17.8 Å². The monoisotopic (exact) mass is 365 g/mol. The van der Waals surface area contributed by atoms with Gasteiger partial charge in [0.1, 0.15) is 18.0 Å². The molecule has 0 bridgehead atoms. The number of aromatic hydroxyl groups is 1. The van der Waals surface area contributed by atoms with Gasteiger partial charge in [-0.05, 0) is 60.9 Å². The standard InChI is InChI=1S/C20H19N3O4/c1-12-8-14(9-13(2)18(12)25)10-16-19(26)23(20(27)22-16)11-17(24)21-15-6-4-3-5-7-15/h3-10,25H,11H2,1-2H3,(H,21,24)(H,22,27)/b16-10-. The fourth-order valence-corrected chi connectivity index (χ4v) is 2.82. The van der Waals surface area contributed by atoms with Gasteiger partial charge < -0.3 is 15.7 Å². The first-order valence-corrected chi connectivity index (χ1v) is 8.35. The minimum Gasteiger partial charge on any atom is -0.507 e. The second-order valence-electron chi connectivity index (χ2n) is 6.30. The Morgan fingerprint density at radius 1 is 1.15 bits per heavy atom. The van der Waals surface area contributed by atoms with Crippen LogP contribution in [0.3, 0.4) is 0 Å². The van der Waals surface area contributed by atoms with Crippen molar-refractivity contribution in [1.82, 2.24) is 10.2 Å². The van der Waals surface area contributed by atoms with Crippen molar-refractivity contribution in [1.29, 1.82) is 0 Å². The second kappa shape index (κ2) is 7.33. The molecule has 0 aromatic heterocycles. The molecule has 4 amide bonds. The van der Waals surface area contributed by atoms with Gasteiger partial charge in [-0.1, -0.05) is 18.2 Å². The molecule has 138 valence electrons. The highest BCUT2D eigenvalue weighted by Gasteiger charge is 2.34.